The molecule has 0 aromatic heterocycles. The number of nitrogens with one attached hydrogen (secondary N) is 1. The van der Waals surface area contributed by atoms with E-state index in [4.69, 9.17) is 10.5 Å². The summed E-state index contributed by atoms with van der Waals surface area (Å²) in [6.45, 7) is 0. The summed E-state index contributed by atoms with van der Waals surface area (Å²) < 4.78 is 20.7. The van der Waals surface area contributed by atoms with Gasteiger partial charge in [0.1, 0.15) is 11.6 Å². The smallest absolute Gasteiger partial charge is 0.148 e. The molecule has 0 aliphatic rings. The van der Waals surface area contributed by atoms with Gasteiger partial charge < -0.3 is 15.8 Å². The predicted molar refractivity (Wildman–Crippen MR) is 82.5 cm³/mol. The van der Waals surface area contributed by atoms with Crippen molar-refractivity contribution in [3.63, 3.8) is 0 Å². The Morgan fingerprint density at radius 1 is 1.16 bits per heavy atom. The fourth-order valence-electron chi connectivity index (χ4n) is 1.58. The Labute approximate surface area is 127 Å². The van der Waals surface area contributed by atoms with Crippen molar-refractivity contribution in [2.45, 2.75) is 0 Å². The van der Waals surface area contributed by atoms with Gasteiger partial charge in [-0.2, -0.15) is 0 Å². The second-order valence-corrected chi connectivity index (χ2v) is 5.59. The molecule has 3 nitrogen and oxygen atoms in total. The number of nitrogen functional groups attached to an aromatic ring is 1. The quantitative estimate of drug-likeness (QED) is 0.749. The molecule has 2 aromatic rings. The first-order valence-electron chi connectivity index (χ1n) is 5.36. The van der Waals surface area contributed by atoms with Crippen LogP contribution in [0.1, 0.15) is 0 Å². The first-order chi connectivity index (χ1) is 9.01. The number of nitrogens with two attached hydrogens (primary N) is 1. The summed E-state index contributed by atoms with van der Waals surface area (Å²) in [4.78, 5) is 0. The zero-order chi connectivity index (χ0) is 14.0. The number of hydrogen-bond acceptors (Lipinski definition) is 3. The van der Waals surface area contributed by atoms with E-state index in [0.717, 1.165) is 14.6 Å². The summed E-state index contributed by atoms with van der Waals surface area (Å²) in [6.07, 6.45) is 0. The topological polar surface area (TPSA) is 47.3 Å². The molecule has 19 heavy (non-hydrogen) atoms. The number of anilines is 3. The van der Waals surface area contributed by atoms with Crippen LogP contribution in [0.15, 0.2) is 39.3 Å². The van der Waals surface area contributed by atoms with Crippen LogP contribution in [0.25, 0.3) is 0 Å². The van der Waals surface area contributed by atoms with Gasteiger partial charge in [-0.1, -0.05) is 15.9 Å². The molecule has 0 atom stereocenters. The summed E-state index contributed by atoms with van der Waals surface area (Å²) >= 11 is 6.77. The lowest BCUT2D eigenvalue weighted by Gasteiger charge is -2.12. The van der Waals surface area contributed by atoms with E-state index in [2.05, 4.69) is 37.2 Å². The van der Waals surface area contributed by atoms with Gasteiger partial charge in [0.15, 0.2) is 0 Å². The number of rotatable bonds is 3. The van der Waals surface area contributed by atoms with Crippen molar-refractivity contribution in [3.05, 3.63) is 45.1 Å². The highest BCUT2D eigenvalue weighted by atomic mass is 79.9. The highest BCUT2D eigenvalue weighted by Gasteiger charge is 2.10. The van der Waals surface area contributed by atoms with Crippen LogP contribution in [0.4, 0.5) is 21.5 Å². The molecule has 0 saturated heterocycles. The van der Waals surface area contributed by atoms with Gasteiger partial charge in [0.25, 0.3) is 0 Å². The van der Waals surface area contributed by atoms with Crippen LogP contribution in [0.2, 0.25) is 0 Å². The number of methoxy groups -OCH3 is 1. The summed E-state index contributed by atoms with van der Waals surface area (Å²) in [7, 11) is 1.49. The number of halogens is 3. The van der Waals surface area contributed by atoms with Crippen LogP contribution in [0.5, 0.6) is 5.75 Å². The molecule has 2 rings (SSSR count). The minimum Gasteiger partial charge on any atom is -0.495 e. The van der Waals surface area contributed by atoms with Crippen molar-refractivity contribution in [2.24, 2.45) is 0 Å². The Kier molecular flexibility index (Phi) is 4.31. The van der Waals surface area contributed by atoms with Crippen molar-refractivity contribution in [1.82, 2.24) is 0 Å². The Balaban J connectivity index is 2.37. The third-order valence-corrected chi connectivity index (χ3v) is 3.67. The monoisotopic (exact) mass is 388 g/mol. The molecule has 0 amide bonds. The van der Waals surface area contributed by atoms with E-state index in [9.17, 15) is 4.39 Å². The highest BCUT2D eigenvalue weighted by molar-refractivity contribution is 9.11. The molecule has 0 fully saturated rings. The molecule has 0 radical (unpaired) electrons. The summed E-state index contributed by atoms with van der Waals surface area (Å²) in [5.41, 5.74) is 6.94. The summed E-state index contributed by atoms with van der Waals surface area (Å²) in [5.74, 6) is -0.00903. The Bertz CT molecular complexity index is 620. The van der Waals surface area contributed by atoms with Gasteiger partial charge in [0.05, 0.1) is 24.2 Å². The first-order valence-corrected chi connectivity index (χ1v) is 6.95. The lowest BCUT2D eigenvalue weighted by atomic mass is 10.2. The van der Waals surface area contributed by atoms with Crippen molar-refractivity contribution >= 4 is 48.9 Å². The molecule has 0 aliphatic carbocycles. The van der Waals surface area contributed by atoms with Crippen LogP contribution < -0.4 is 15.8 Å². The molecule has 0 spiro atoms. The zero-order valence-electron chi connectivity index (χ0n) is 10.0. The van der Waals surface area contributed by atoms with Gasteiger partial charge >= 0.3 is 0 Å². The minimum absolute atomic E-state index is 0.264. The fraction of sp³-hybridized carbons (Fsp3) is 0.0769. The Hall–Kier alpha value is -1.27. The second kappa shape index (κ2) is 5.79. The van der Waals surface area contributed by atoms with E-state index < -0.39 is 5.82 Å². The third kappa shape index (κ3) is 3.19. The maximum Gasteiger partial charge on any atom is 0.148 e. The number of ether oxygens (including phenoxy) is 1. The van der Waals surface area contributed by atoms with E-state index in [1.165, 1.54) is 19.2 Å². The molecule has 0 heterocycles. The van der Waals surface area contributed by atoms with Gasteiger partial charge in [-0.3, -0.25) is 0 Å². The van der Waals surface area contributed by atoms with Crippen molar-refractivity contribution < 1.29 is 9.13 Å². The van der Waals surface area contributed by atoms with E-state index >= 15 is 0 Å². The molecule has 0 unspecified atom stereocenters. The molecular weight excluding hydrogens is 379 g/mol. The number of hydrogen-bond donors (Lipinski definition) is 2. The lowest BCUT2D eigenvalue weighted by Crippen LogP contribution is -1.99. The van der Waals surface area contributed by atoms with Gasteiger partial charge in [-0.05, 0) is 34.1 Å². The third-order valence-electron chi connectivity index (χ3n) is 2.52. The molecule has 6 heteroatoms. The maximum absolute atomic E-state index is 13.8. The van der Waals surface area contributed by atoms with E-state index in [0.29, 0.717) is 11.4 Å². The molecule has 0 saturated carbocycles. The summed E-state index contributed by atoms with van der Waals surface area (Å²) in [5, 5.41) is 2.99. The predicted octanol–water partition coefficient (Wildman–Crippen LogP) is 4.69. The highest BCUT2D eigenvalue weighted by Crippen LogP contribution is 2.33. The van der Waals surface area contributed by atoms with E-state index in [1.54, 1.807) is 0 Å². The van der Waals surface area contributed by atoms with Crippen LogP contribution in [-0.2, 0) is 0 Å². The largest absolute Gasteiger partial charge is 0.495 e. The molecule has 2 aromatic carbocycles. The van der Waals surface area contributed by atoms with Gasteiger partial charge in [-0.25, -0.2) is 4.39 Å². The summed E-state index contributed by atoms with van der Waals surface area (Å²) in [6, 6.07) is 8.32. The van der Waals surface area contributed by atoms with Crippen molar-refractivity contribution in [3.8, 4) is 5.75 Å². The molecule has 0 aliphatic heterocycles. The van der Waals surface area contributed by atoms with E-state index in [-0.39, 0.29) is 5.69 Å². The fourth-order valence-corrected chi connectivity index (χ4v) is 2.72. The second-order valence-electron chi connectivity index (χ2n) is 3.82. The van der Waals surface area contributed by atoms with Gasteiger partial charge in [-0.15, -0.1) is 0 Å². The van der Waals surface area contributed by atoms with Crippen molar-refractivity contribution in [1.29, 1.82) is 0 Å². The average Bonchev–Trinajstić information content (AvgIpc) is 2.35. The van der Waals surface area contributed by atoms with Gasteiger partial charge in [0.2, 0.25) is 0 Å². The average molecular weight is 390 g/mol. The Morgan fingerprint density at radius 3 is 2.53 bits per heavy atom. The van der Waals surface area contributed by atoms with Crippen molar-refractivity contribution in [2.75, 3.05) is 18.2 Å². The molecule has 0 bridgehead atoms. The van der Waals surface area contributed by atoms with Gasteiger partial charge in [0, 0.05) is 21.1 Å². The Morgan fingerprint density at radius 2 is 1.89 bits per heavy atom. The van der Waals surface area contributed by atoms with Crippen LogP contribution in [0.3, 0.4) is 0 Å². The SMILES string of the molecule is COc1cc(Nc2ccc(Br)cc2Br)c(F)cc1N. The zero-order valence-corrected chi connectivity index (χ0v) is 13.2. The minimum atomic E-state index is -0.437. The molecule has 3 N–H and O–H groups in total. The van der Waals surface area contributed by atoms with Crippen LogP contribution in [-0.4, -0.2) is 7.11 Å². The normalized spacial score (nSPS) is 10.3. The molecular formula is C13H11Br2FN2O. The standard InChI is InChI=1S/C13H11Br2FN2O/c1-19-13-6-12(9(16)5-10(13)17)18-11-3-2-7(14)4-8(11)15/h2-6,18H,17H2,1H3. The first kappa shape index (κ1) is 14.1. The lowest BCUT2D eigenvalue weighted by molar-refractivity contribution is 0.416. The van der Waals surface area contributed by atoms with Crippen LogP contribution >= 0.6 is 31.9 Å². The molecule has 100 valence electrons. The van der Waals surface area contributed by atoms with E-state index in [1.807, 2.05) is 18.2 Å². The number of benzene rings is 2. The maximum atomic E-state index is 13.8. The van der Waals surface area contributed by atoms with Crippen LogP contribution in [0, 0.1) is 5.82 Å².